The van der Waals surface area contributed by atoms with Crippen molar-refractivity contribution in [3.05, 3.63) is 11.4 Å². The zero-order valence-electron chi connectivity index (χ0n) is 13.0. The quantitative estimate of drug-likeness (QED) is 0.582. The number of anilines is 2. The lowest BCUT2D eigenvalue weighted by molar-refractivity contribution is 0.358. The highest BCUT2D eigenvalue weighted by Crippen LogP contribution is 2.28. The van der Waals surface area contributed by atoms with Crippen molar-refractivity contribution in [2.45, 2.75) is 65.3 Å². The van der Waals surface area contributed by atoms with E-state index in [1.165, 1.54) is 25.7 Å². The Morgan fingerprint density at radius 3 is 2.50 bits per heavy atom. The smallest absolute Gasteiger partial charge is 0.148 e. The second-order valence-electron chi connectivity index (χ2n) is 6.32. The topological polar surface area (TPSA) is 75.9 Å². The van der Waals surface area contributed by atoms with E-state index in [9.17, 15) is 0 Å². The highest BCUT2D eigenvalue weighted by molar-refractivity contribution is 5.57. The van der Waals surface area contributed by atoms with Gasteiger partial charge in [-0.25, -0.2) is 15.8 Å². The number of nitrogens with one attached hydrogen (secondary N) is 2. The van der Waals surface area contributed by atoms with Crippen molar-refractivity contribution < 1.29 is 0 Å². The van der Waals surface area contributed by atoms with Crippen LogP contribution in [0.25, 0.3) is 0 Å². The van der Waals surface area contributed by atoms with Crippen LogP contribution in [0, 0.1) is 12.8 Å². The van der Waals surface area contributed by atoms with Gasteiger partial charge in [-0.3, -0.25) is 0 Å². The van der Waals surface area contributed by atoms with Crippen LogP contribution in [0.5, 0.6) is 0 Å². The molecule has 1 heterocycles. The summed E-state index contributed by atoms with van der Waals surface area (Å²) < 4.78 is 0. The highest BCUT2D eigenvalue weighted by Gasteiger charge is 2.21. The van der Waals surface area contributed by atoms with E-state index in [4.69, 9.17) is 5.84 Å². The van der Waals surface area contributed by atoms with Crippen molar-refractivity contribution in [2.75, 3.05) is 10.7 Å². The molecule has 2 rings (SSSR count). The summed E-state index contributed by atoms with van der Waals surface area (Å²) in [5, 5.41) is 3.60. The maximum Gasteiger partial charge on any atom is 0.148 e. The predicted octanol–water partition coefficient (Wildman–Crippen LogP) is 3.18. The van der Waals surface area contributed by atoms with Crippen LogP contribution >= 0.6 is 0 Å². The fourth-order valence-corrected chi connectivity index (χ4v) is 2.83. The van der Waals surface area contributed by atoms with E-state index in [1.54, 1.807) is 0 Å². The summed E-state index contributed by atoms with van der Waals surface area (Å²) in [7, 11) is 0. The largest absolute Gasteiger partial charge is 0.367 e. The standard InChI is InChI=1S/C15H27N5/c1-9(2)13-18-14(11(4)15(19-13)20-16)17-12-7-5-6-10(3)8-12/h9-10,12H,5-8,16H2,1-4H3,(H2,17,18,19,20). The lowest BCUT2D eigenvalue weighted by Crippen LogP contribution is -2.27. The molecule has 1 aliphatic rings. The Labute approximate surface area is 121 Å². The molecule has 5 heteroatoms. The van der Waals surface area contributed by atoms with E-state index in [0.29, 0.717) is 6.04 Å². The zero-order chi connectivity index (χ0) is 14.7. The Hall–Kier alpha value is -1.36. The molecule has 0 spiro atoms. The van der Waals surface area contributed by atoms with Crippen LogP contribution < -0.4 is 16.6 Å². The maximum atomic E-state index is 5.58. The van der Waals surface area contributed by atoms with Crippen LogP contribution in [0.3, 0.4) is 0 Å². The molecule has 5 nitrogen and oxygen atoms in total. The third-order valence-corrected chi connectivity index (χ3v) is 4.09. The SMILES string of the molecule is Cc1c(NN)nc(C(C)C)nc1NC1CCCC(C)C1. The molecule has 1 aromatic heterocycles. The second-order valence-corrected chi connectivity index (χ2v) is 6.32. The minimum Gasteiger partial charge on any atom is -0.367 e. The normalized spacial score (nSPS) is 22.9. The Morgan fingerprint density at radius 1 is 1.20 bits per heavy atom. The number of nitrogens with two attached hydrogens (primary N) is 1. The fraction of sp³-hybridized carbons (Fsp3) is 0.733. The molecule has 1 fully saturated rings. The third-order valence-electron chi connectivity index (χ3n) is 4.09. The average molecular weight is 277 g/mol. The van der Waals surface area contributed by atoms with Gasteiger partial charge in [0.25, 0.3) is 0 Å². The molecule has 4 N–H and O–H groups in total. The van der Waals surface area contributed by atoms with Crippen LogP contribution in [-0.2, 0) is 0 Å². The number of rotatable bonds is 4. The van der Waals surface area contributed by atoms with Gasteiger partial charge in [0.15, 0.2) is 0 Å². The molecular weight excluding hydrogens is 250 g/mol. The Bertz CT molecular complexity index is 458. The average Bonchev–Trinajstić information content (AvgIpc) is 2.41. The lowest BCUT2D eigenvalue weighted by Gasteiger charge is -2.28. The molecular formula is C15H27N5. The Kier molecular flexibility index (Phi) is 4.81. The molecule has 0 bridgehead atoms. The molecule has 1 aliphatic carbocycles. The van der Waals surface area contributed by atoms with Gasteiger partial charge in [-0.05, 0) is 25.7 Å². The second kappa shape index (κ2) is 6.39. The fourth-order valence-electron chi connectivity index (χ4n) is 2.83. The van der Waals surface area contributed by atoms with Gasteiger partial charge >= 0.3 is 0 Å². The van der Waals surface area contributed by atoms with Crippen molar-refractivity contribution in [1.29, 1.82) is 0 Å². The number of hydrazine groups is 1. The first-order valence-corrected chi connectivity index (χ1v) is 7.63. The van der Waals surface area contributed by atoms with Gasteiger partial charge in [-0.1, -0.05) is 33.6 Å². The molecule has 0 saturated heterocycles. The van der Waals surface area contributed by atoms with E-state index in [-0.39, 0.29) is 5.92 Å². The first-order chi connectivity index (χ1) is 9.51. The van der Waals surface area contributed by atoms with Crippen molar-refractivity contribution >= 4 is 11.6 Å². The summed E-state index contributed by atoms with van der Waals surface area (Å²) in [6.45, 7) is 8.52. The van der Waals surface area contributed by atoms with Crippen LogP contribution in [0.15, 0.2) is 0 Å². The van der Waals surface area contributed by atoms with Crippen LogP contribution in [0.1, 0.15) is 63.8 Å². The number of nitrogens with zero attached hydrogens (tertiary/aromatic N) is 2. The van der Waals surface area contributed by atoms with E-state index in [1.807, 2.05) is 6.92 Å². The summed E-state index contributed by atoms with van der Waals surface area (Å²) in [6.07, 6.45) is 5.07. The zero-order valence-corrected chi connectivity index (χ0v) is 13.0. The van der Waals surface area contributed by atoms with E-state index in [2.05, 4.69) is 41.5 Å². The molecule has 0 aliphatic heterocycles. The van der Waals surface area contributed by atoms with Gasteiger partial charge in [-0.2, -0.15) is 0 Å². The molecule has 0 radical (unpaired) electrons. The minimum absolute atomic E-state index is 0.286. The first-order valence-electron chi connectivity index (χ1n) is 7.63. The highest BCUT2D eigenvalue weighted by atomic mass is 15.3. The molecule has 0 amide bonds. The van der Waals surface area contributed by atoms with Gasteiger partial charge in [-0.15, -0.1) is 0 Å². The molecule has 1 saturated carbocycles. The summed E-state index contributed by atoms with van der Waals surface area (Å²) in [5.74, 6) is 9.13. The summed E-state index contributed by atoms with van der Waals surface area (Å²) >= 11 is 0. The lowest BCUT2D eigenvalue weighted by atomic mass is 9.87. The van der Waals surface area contributed by atoms with Gasteiger partial charge in [0, 0.05) is 17.5 Å². The number of nitrogen functional groups attached to an aromatic ring is 1. The van der Waals surface area contributed by atoms with Gasteiger partial charge in [0.05, 0.1) is 0 Å². The first kappa shape index (κ1) is 15.0. The monoisotopic (exact) mass is 277 g/mol. The molecule has 2 unspecified atom stereocenters. The Morgan fingerprint density at radius 2 is 1.90 bits per heavy atom. The van der Waals surface area contributed by atoms with E-state index >= 15 is 0 Å². The van der Waals surface area contributed by atoms with Crippen LogP contribution in [0.4, 0.5) is 11.6 Å². The number of aromatic nitrogens is 2. The maximum absolute atomic E-state index is 5.58. The van der Waals surface area contributed by atoms with Crippen molar-refractivity contribution in [2.24, 2.45) is 11.8 Å². The third kappa shape index (κ3) is 3.39. The molecule has 0 aromatic carbocycles. The molecule has 2 atom stereocenters. The summed E-state index contributed by atoms with van der Waals surface area (Å²) in [4.78, 5) is 9.15. The number of hydrogen-bond acceptors (Lipinski definition) is 5. The van der Waals surface area contributed by atoms with Crippen molar-refractivity contribution in [1.82, 2.24) is 9.97 Å². The minimum atomic E-state index is 0.286. The summed E-state index contributed by atoms with van der Waals surface area (Å²) in [5.41, 5.74) is 3.68. The van der Waals surface area contributed by atoms with Crippen molar-refractivity contribution in [3.63, 3.8) is 0 Å². The Balaban J connectivity index is 2.23. The van der Waals surface area contributed by atoms with Crippen LogP contribution in [0.2, 0.25) is 0 Å². The summed E-state index contributed by atoms with van der Waals surface area (Å²) in [6, 6.07) is 0.512. The molecule has 1 aromatic rings. The molecule has 112 valence electrons. The van der Waals surface area contributed by atoms with Gasteiger partial charge < -0.3 is 10.7 Å². The van der Waals surface area contributed by atoms with Gasteiger partial charge in [0.2, 0.25) is 0 Å². The predicted molar refractivity (Wildman–Crippen MR) is 83.7 cm³/mol. The van der Waals surface area contributed by atoms with E-state index in [0.717, 1.165) is 28.9 Å². The number of hydrogen-bond donors (Lipinski definition) is 3. The van der Waals surface area contributed by atoms with Crippen LogP contribution in [-0.4, -0.2) is 16.0 Å². The molecule has 20 heavy (non-hydrogen) atoms. The van der Waals surface area contributed by atoms with Crippen molar-refractivity contribution in [3.8, 4) is 0 Å². The van der Waals surface area contributed by atoms with E-state index < -0.39 is 0 Å². The van der Waals surface area contributed by atoms with Gasteiger partial charge in [0.1, 0.15) is 17.5 Å².